The van der Waals surface area contributed by atoms with Crippen molar-refractivity contribution in [2.24, 2.45) is 5.73 Å². The van der Waals surface area contributed by atoms with Gasteiger partial charge in [0, 0.05) is 5.69 Å². The molecule has 0 saturated heterocycles. The van der Waals surface area contributed by atoms with E-state index in [9.17, 15) is 4.79 Å². The number of nitrogen functional groups attached to an aromatic ring is 1. The first-order valence-corrected chi connectivity index (χ1v) is 4.35. The van der Waals surface area contributed by atoms with E-state index in [0.29, 0.717) is 11.4 Å². The molecule has 0 saturated carbocycles. The van der Waals surface area contributed by atoms with Gasteiger partial charge in [0.25, 0.3) is 5.91 Å². The molecule has 0 radical (unpaired) electrons. The zero-order valence-electron chi connectivity index (χ0n) is 7.87. The number of nitrogens with one attached hydrogen (secondary N) is 2. The average molecular weight is 202 g/mol. The molecule has 1 aromatic rings. The van der Waals surface area contributed by atoms with Crippen molar-refractivity contribution in [1.82, 2.24) is 5.32 Å². The second-order valence-electron chi connectivity index (χ2n) is 3.24. The lowest BCUT2D eigenvalue weighted by atomic mass is 9.98. The van der Waals surface area contributed by atoms with Crippen molar-refractivity contribution >= 4 is 23.1 Å². The van der Waals surface area contributed by atoms with Crippen molar-refractivity contribution in [3.63, 3.8) is 0 Å². The lowest BCUT2D eigenvalue weighted by molar-refractivity contribution is -0.114. The lowest BCUT2D eigenvalue weighted by Gasteiger charge is -2.24. The molecule has 6 N–H and O–H groups in total. The summed E-state index contributed by atoms with van der Waals surface area (Å²) in [7, 11) is 0. The Morgan fingerprint density at radius 1 is 1.27 bits per heavy atom. The first-order chi connectivity index (χ1) is 7.09. The van der Waals surface area contributed by atoms with Crippen molar-refractivity contribution in [1.29, 1.82) is 5.41 Å². The minimum Gasteiger partial charge on any atom is -0.399 e. The van der Waals surface area contributed by atoms with E-state index in [1.807, 2.05) is 0 Å². The molecule has 0 spiro atoms. The number of hydrogen-bond acceptors (Lipinski definition) is 3. The highest BCUT2D eigenvalue weighted by atomic mass is 16.1. The van der Waals surface area contributed by atoms with Crippen molar-refractivity contribution in [2.45, 2.75) is 0 Å². The van der Waals surface area contributed by atoms with Gasteiger partial charge in [-0.15, -0.1) is 0 Å². The van der Waals surface area contributed by atoms with Crippen molar-refractivity contribution < 1.29 is 4.79 Å². The third kappa shape index (κ3) is 1.43. The molecule has 15 heavy (non-hydrogen) atoms. The number of amidine groups is 1. The van der Waals surface area contributed by atoms with Crippen LogP contribution in [0.2, 0.25) is 0 Å². The maximum Gasteiger partial charge on any atom is 0.254 e. The van der Waals surface area contributed by atoms with Gasteiger partial charge in [0.05, 0.1) is 5.70 Å². The molecule has 1 heterocycles. The number of rotatable bonds is 2. The van der Waals surface area contributed by atoms with E-state index < -0.39 is 5.91 Å². The van der Waals surface area contributed by atoms with Gasteiger partial charge in [0.2, 0.25) is 0 Å². The molecule has 2 rings (SSSR count). The Morgan fingerprint density at radius 3 is 2.33 bits per heavy atom. The van der Waals surface area contributed by atoms with Gasteiger partial charge in [-0.25, -0.2) is 0 Å². The Labute approximate surface area is 86.3 Å². The van der Waals surface area contributed by atoms with E-state index >= 15 is 0 Å². The molecule has 0 atom stereocenters. The molecule has 0 aromatic heterocycles. The van der Waals surface area contributed by atoms with Crippen LogP contribution in [-0.4, -0.2) is 11.7 Å². The number of anilines is 1. The molecule has 0 aliphatic carbocycles. The number of benzene rings is 1. The molecule has 1 amide bonds. The third-order valence-corrected chi connectivity index (χ3v) is 2.20. The van der Waals surface area contributed by atoms with Gasteiger partial charge in [0.15, 0.2) is 0 Å². The molecule has 5 nitrogen and oxygen atoms in total. The molecule has 1 aliphatic heterocycles. The van der Waals surface area contributed by atoms with Gasteiger partial charge < -0.3 is 16.8 Å². The maximum atomic E-state index is 11.0. The van der Waals surface area contributed by atoms with Crippen LogP contribution in [0, 0.1) is 5.41 Å². The Morgan fingerprint density at radius 2 is 1.87 bits per heavy atom. The standard InChI is InChI=1S/C10H10N4O/c11-6-3-1-5(2-4-6)8-7(10(13)15)9(12)14-8/h1-4H,11H2,(H2,12,14)(H2,13,15). The predicted molar refractivity (Wildman–Crippen MR) is 57.8 cm³/mol. The quantitative estimate of drug-likeness (QED) is 0.509. The number of hydrogen-bond donors (Lipinski definition) is 4. The van der Waals surface area contributed by atoms with E-state index in [1.54, 1.807) is 24.3 Å². The first-order valence-electron chi connectivity index (χ1n) is 4.35. The number of nitrogens with two attached hydrogens (primary N) is 2. The minimum atomic E-state index is -0.592. The van der Waals surface area contributed by atoms with Crippen LogP contribution in [0.15, 0.2) is 29.8 Å². The van der Waals surface area contributed by atoms with Crippen LogP contribution in [0.1, 0.15) is 5.56 Å². The van der Waals surface area contributed by atoms with Gasteiger partial charge in [-0.2, -0.15) is 0 Å². The molecule has 1 aliphatic rings. The van der Waals surface area contributed by atoms with Crippen LogP contribution in [0.3, 0.4) is 0 Å². The fourth-order valence-electron chi connectivity index (χ4n) is 1.43. The summed E-state index contributed by atoms with van der Waals surface area (Å²) in [5, 5.41) is 10.1. The molecule has 76 valence electrons. The molecule has 0 fully saturated rings. The van der Waals surface area contributed by atoms with Crippen LogP contribution < -0.4 is 16.8 Å². The summed E-state index contributed by atoms with van der Waals surface area (Å²) >= 11 is 0. The zero-order valence-corrected chi connectivity index (χ0v) is 7.87. The van der Waals surface area contributed by atoms with E-state index in [4.69, 9.17) is 16.9 Å². The molecular weight excluding hydrogens is 192 g/mol. The van der Waals surface area contributed by atoms with Crippen LogP contribution in [0.25, 0.3) is 5.70 Å². The summed E-state index contributed by atoms with van der Waals surface area (Å²) in [5.41, 5.74) is 13.0. The smallest absolute Gasteiger partial charge is 0.254 e. The number of primary amides is 1. The normalized spacial score (nSPS) is 14.5. The van der Waals surface area contributed by atoms with Gasteiger partial charge in [-0.05, 0) is 17.7 Å². The van der Waals surface area contributed by atoms with Gasteiger partial charge in [0.1, 0.15) is 11.4 Å². The van der Waals surface area contributed by atoms with Crippen molar-refractivity contribution in [3.8, 4) is 0 Å². The number of carbonyl (C=O) groups is 1. The molecule has 0 unspecified atom stereocenters. The Kier molecular flexibility index (Phi) is 1.93. The highest BCUT2D eigenvalue weighted by molar-refractivity contribution is 6.32. The Bertz CT molecular complexity index is 473. The lowest BCUT2D eigenvalue weighted by Crippen LogP contribution is -2.41. The van der Waals surface area contributed by atoms with Crippen LogP contribution in [0.4, 0.5) is 5.69 Å². The van der Waals surface area contributed by atoms with Crippen LogP contribution in [0.5, 0.6) is 0 Å². The maximum absolute atomic E-state index is 11.0. The van der Waals surface area contributed by atoms with Gasteiger partial charge in [-0.3, -0.25) is 10.2 Å². The monoisotopic (exact) mass is 202 g/mol. The zero-order chi connectivity index (χ0) is 11.0. The van der Waals surface area contributed by atoms with Crippen LogP contribution >= 0.6 is 0 Å². The molecular formula is C10H10N4O. The summed E-state index contributed by atoms with van der Waals surface area (Å²) in [6.45, 7) is 0. The van der Waals surface area contributed by atoms with Gasteiger partial charge >= 0.3 is 0 Å². The van der Waals surface area contributed by atoms with Crippen molar-refractivity contribution in [3.05, 3.63) is 35.4 Å². The summed E-state index contributed by atoms with van der Waals surface area (Å²) < 4.78 is 0. The fourth-order valence-corrected chi connectivity index (χ4v) is 1.43. The summed E-state index contributed by atoms with van der Waals surface area (Å²) in [5.74, 6) is -0.528. The Balaban J connectivity index is 2.44. The predicted octanol–water partition coefficient (Wildman–Crippen LogP) is 0.0457. The largest absolute Gasteiger partial charge is 0.399 e. The average Bonchev–Trinajstić information content (AvgIpc) is 2.14. The van der Waals surface area contributed by atoms with Crippen LogP contribution in [-0.2, 0) is 4.79 Å². The first kappa shape index (κ1) is 9.26. The molecule has 1 aromatic carbocycles. The summed E-state index contributed by atoms with van der Waals surface area (Å²) in [6, 6.07) is 7.00. The molecule has 5 heteroatoms. The van der Waals surface area contributed by atoms with Gasteiger partial charge in [-0.1, -0.05) is 12.1 Å². The number of amides is 1. The third-order valence-electron chi connectivity index (χ3n) is 2.20. The second kappa shape index (κ2) is 3.13. The summed E-state index contributed by atoms with van der Waals surface area (Å²) in [4.78, 5) is 11.0. The number of carbonyl (C=O) groups excluding carboxylic acids is 1. The highest BCUT2D eigenvalue weighted by Crippen LogP contribution is 2.24. The van der Waals surface area contributed by atoms with E-state index in [2.05, 4.69) is 5.32 Å². The van der Waals surface area contributed by atoms with E-state index in [1.165, 1.54) is 0 Å². The highest BCUT2D eigenvalue weighted by Gasteiger charge is 2.28. The van der Waals surface area contributed by atoms with E-state index in [-0.39, 0.29) is 11.4 Å². The fraction of sp³-hybridized carbons (Fsp3) is 0. The van der Waals surface area contributed by atoms with E-state index in [0.717, 1.165) is 5.56 Å². The Hall–Kier alpha value is -2.30. The topological polar surface area (TPSA) is 105 Å². The molecule has 0 bridgehead atoms. The SMILES string of the molecule is N=C1NC(c2ccc(N)cc2)=C1C(N)=O. The van der Waals surface area contributed by atoms with Crippen molar-refractivity contribution in [2.75, 3.05) is 5.73 Å². The second-order valence-corrected chi connectivity index (χ2v) is 3.24. The summed E-state index contributed by atoms with van der Waals surface area (Å²) in [6.07, 6.45) is 0. The minimum absolute atomic E-state index is 0.0642.